The highest BCUT2D eigenvalue weighted by Crippen LogP contribution is 2.29. The molecule has 0 aliphatic carbocycles. The second-order valence-electron chi connectivity index (χ2n) is 8.70. The molecular weight excluding hydrogens is 450 g/mol. The molecule has 0 spiro atoms. The number of amides is 1. The Kier molecular flexibility index (Phi) is 8.46. The number of fused-ring (bicyclic) bond motifs is 1. The normalized spacial score (nSPS) is 11.9. The highest BCUT2D eigenvalue weighted by Gasteiger charge is 2.25. The van der Waals surface area contributed by atoms with Crippen molar-refractivity contribution in [3.05, 3.63) is 58.6 Å². The summed E-state index contributed by atoms with van der Waals surface area (Å²) in [6.45, 7) is 4.02. The molecule has 2 N–H and O–H groups in total. The number of methoxy groups -OCH3 is 2. The molecule has 0 radical (unpaired) electrons. The van der Waals surface area contributed by atoms with E-state index in [1.807, 2.05) is 13.8 Å². The third-order valence-corrected chi connectivity index (χ3v) is 5.91. The fourth-order valence-corrected chi connectivity index (χ4v) is 3.85. The maximum absolute atomic E-state index is 13.0. The second kappa shape index (κ2) is 11.5. The maximum Gasteiger partial charge on any atom is 0.261 e. The molecule has 0 aliphatic heterocycles. The smallest absolute Gasteiger partial charge is 0.261 e. The lowest BCUT2D eigenvalue weighted by Crippen LogP contribution is -2.37. The molecule has 0 aliphatic rings. The van der Waals surface area contributed by atoms with Crippen molar-refractivity contribution in [3.63, 3.8) is 0 Å². The van der Waals surface area contributed by atoms with Crippen molar-refractivity contribution in [2.45, 2.75) is 33.2 Å². The molecule has 1 aromatic heterocycles. The van der Waals surface area contributed by atoms with Crippen molar-refractivity contribution in [2.75, 3.05) is 20.8 Å². The fourth-order valence-electron chi connectivity index (χ4n) is 3.85. The fraction of sp³-hybridized carbons (Fsp3) is 0.385. The predicted molar refractivity (Wildman–Crippen MR) is 132 cm³/mol. The number of benzene rings is 2. The molecule has 0 saturated carbocycles. The second-order valence-corrected chi connectivity index (χ2v) is 8.70. The average molecular weight is 482 g/mol. The molecule has 0 saturated heterocycles. The first kappa shape index (κ1) is 25.7. The van der Waals surface area contributed by atoms with Crippen LogP contribution in [0.5, 0.6) is 17.2 Å². The number of rotatable bonds is 11. The van der Waals surface area contributed by atoms with Gasteiger partial charge in [-0.1, -0.05) is 26.0 Å². The van der Waals surface area contributed by atoms with Gasteiger partial charge in [-0.2, -0.15) is 0 Å². The summed E-state index contributed by atoms with van der Waals surface area (Å²) in [7, 11) is 2.97. The van der Waals surface area contributed by atoms with Gasteiger partial charge in [-0.15, -0.1) is 0 Å². The van der Waals surface area contributed by atoms with Crippen LogP contribution in [0.3, 0.4) is 0 Å². The molecule has 0 fully saturated rings. The Balaban J connectivity index is 1.66. The molecule has 35 heavy (non-hydrogen) atoms. The van der Waals surface area contributed by atoms with Gasteiger partial charge in [0.1, 0.15) is 5.75 Å². The van der Waals surface area contributed by atoms with Gasteiger partial charge in [-0.05, 0) is 36.1 Å². The Bertz CT molecular complexity index is 1250. The third kappa shape index (κ3) is 6.38. The lowest BCUT2D eigenvalue weighted by molar-refractivity contribution is -0.131. The minimum atomic E-state index is -0.518. The lowest BCUT2D eigenvalue weighted by Gasteiger charge is -2.20. The van der Waals surface area contributed by atoms with Crippen molar-refractivity contribution in [2.24, 2.45) is 11.8 Å². The predicted octanol–water partition coefficient (Wildman–Crippen LogP) is 2.71. The molecular formula is C26H31N3O6. The summed E-state index contributed by atoms with van der Waals surface area (Å²) in [5.74, 6) is 0.0279. The number of hydrogen-bond acceptors (Lipinski definition) is 7. The standard InChI is InChI=1S/C26H31N3O6/c1-16(2)20(25(32)27-10-9-17-5-7-18(30)8-6-17)11-19(31)14-29-15-28-22-13-24(35-4)23(34-3)12-21(22)26(29)33/h5-8,12-13,15-16,20,30H,9-11,14H2,1-4H3,(H,27,32)/t20-/m0/s1. The van der Waals surface area contributed by atoms with Crippen LogP contribution in [0.1, 0.15) is 25.8 Å². The van der Waals surface area contributed by atoms with Gasteiger partial charge >= 0.3 is 0 Å². The molecule has 0 bridgehead atoms. The first-order chi connectivity index (χ1) is 16.7. The number of phenolic OH excluding ortho intramolecular Hbond substituents is 1. The van der Waals surface area contributed by atoms with Crippen LogP contribution in [0.4, 0.5) is 0 Å². The van der Waals surface area contributed by atoms with Crippen LogP contribution in [0.2, 0.25) is 0 Å². The molecule has 9 heteroatoms. The van der Waals surface area contributed by atoms with Gasteiger partial charge in [0.15, 0.2) is 17.3 Å². The number of ketones is 1. The lowest BCUT2D eigenvalue weighted by atomic mass is 9.89. The number of carbonyl (C=O) groups is 2. The third-order valence-electron chi connectivity index (χ3n) is 5.91. The zero-order valence-corrected chi connectivity index (χ0v) is 20.4. The molecule has 1 amide bonds. The molecule has 3 rings (SSSR count). The summed E-state index contributed by atoms with van der Waals surface area (Å²) in [6.07, 6.45) is 1.95. The average Bonchev–Trinajstić information content (AvgIpc) is 2.84. The van der Waals surface area contributed by atoms with E-state index in [0.717, 1.165) is 5.56 Å². The highest BCUT2D eigenvalue weighted by atomic mass is 16.5. The minimum Gasteiger partial charge on any atom is -0.508 e. The molecule has 1 atom stereocenters. The van der Waals surface area contributed by atoms with Crippen LogP contribution in [-0.2, 0) is 22.6 Å². The highest BCUT2D eigenvalue weighted by molar-refractivity contribution is 5.87. The van der Waals surface area contributed by atoms with Crippen molar-refractivity contribution >= 4 is 22.6 Å². The van der Waals surface area contributed by atoms with Gasteiger partial charge in [-0.3, -0.25) is 19.0 Å². The quantitative estimate of drug-likeness (QED) is 0.432. The first-order valence-corrected chi connectivity index (χ1v) is 11.4. The van der Waals surface area contributed by atoms with E-state index in [1.54, 1.807) is 36.4 Å². The molecule has 9 nitrogen and oxygen atoms in total. The summed E-state index contributed by atoms with van der Waals surface area (Å²) >= 11 is 0. The number of aromatic nitrogens is 2. The number of hydrogen-bond donors (Lipinski definition) is 2. The zero-order valence-electron chi connectivity index (χ0n) is 20.4. The summed E-state index contributed by atoms with van der Waals surface area (Å²) in [5.41, 5.74) is 1.05. The SMILES string of the molecule is COc1cc2ncn(CC(=O)C[C@H](C(=O)NCCc3ccc(O)cc3)C(C)C)c(=O)c2cc1OC. The van der Waals surface area contributed by atoms with E-state index in [1.165, 1.54) is 25.1 Å². The van der Waals surface area contributed by atoms with Crippen LogP contribution in [-0.4, -0.2) is 47.1 Å². The number of Topliss-reactive ketones (excluding diaryl/α,β-unsaturated/α-hetero) is 1. The van der Waals surface area contributed by atoms with E-state index in [2.05, 4.69) is 10.3 Å². The summed E-state index contributed by atoms with van der Waals surface area (Å²) in [4.78, 5) is 42.9. The van der Waals surface area contributed by atoms with Gasteiger partial charge in [0.05, 0.1) is 38.0 Å². The van der Waals surface area contributed by atoms with Gasteiger partial charge in [0.25, 0.3) is 5.56 Å². The molecule has 0 unspecified atom stereocenters. The van der Waals surface area contributed by atoms with Gasteiger partial charge in [0.2, 0.25) is 5.91 Å². The van der Waals surface area contributed by atoms with Crippen LogP contribution in [0.25, 0.3) is 10.9 Å². The zero-order chi connectivity index (χ0) is 25.5. The number of carbonyl (C=O) groups excluding carboxylic acids is 2. The monoisotopic (exact) mass is 481 g/mol. The summed E-state index contributed by atoms with van der Waals surface area (Å²) in [5, 5.41) is 12.6. The van der Waals surface area contributed by atoms with E-state index in [9.17, 15) is 19.5 Å². The van der Waals surface area contributed by atoms with E-state index in [4.69, 9.17) is 9.47 Å². The molecule has 1 heterocycles. The maximum atomic E-state index is 13.0. The summed E-state index contributed by atoms with van der Waals surface area (Å²) < 4.78 is 11.8. The molecule has 2 aromatic carbocycles. The van der Waals surface area contributed by atoms with Crippen LogP contribution >= 0.6 is 0 Å². The number of aromatic hydroxyl groups is 1. The van der Waals surface area contributed by atoms with Crippen molar-refractivity contribution in [1.29, 1.82) is 0 Å². The van der Waals surface area contributed by atoms with E-state index < -0.39 is 5.92 Å². The number of nitrogens with one attached hydrogen (secondary N) is 1. The Morgan fingerprint density at radius 3 is 2.37 bits per heavy atom. The van der Waals surface area contributed by atoms with Crippen LogP contribution in [0.15, 0.2) is 47.5 Å². The molecule has 3 aromatic rings. The Labute approximate surface area is 203 Å². The van der Waals surface area contributed by atoms with Crippen LogP contribution < -0.4 is 20.3 Å². The Morgan fingerprint density at radius 1 is 1.09 bits per heavy atom. The van der Waals surface area contributed by atoms with Gasteiger partial charge in [-0.25, -0.2) is 4.98 Å². The minimum absolute atomic E-state index is 0.0130. The van der Waals surface area contributed by atoms with Crippen molar-refractivity contribution in [3.8, 4) is 17.2 Å². The summed E-state index contributed by atoms with van der Waals surface area (Å²) in [6, 6.07) is 9.95. The largest absolute Gasteiger partial charge is 0.508 e. The van der Waals surface area contributed by atoms with Crippen LogP contribution in [0, 0.1) is 11.8 Å². The first-order valence-electron chi connectivity index (χ1n) is 11.4. The van der Waals surface area contributed by atoms with Crippen molar-refractivity contribution < 1.29 is 24.2 Å². The topological polar surface area (TPSA) is 120 Å². The number of ether oxygens (including phenoxy) is 2. The Morgan fingerprint density at radius 2 is 1.74 bits per heavy atom. The van der Waals surface area contributed by atoms with E-state index in [0.29, 0.717) is 35.4 Å². The molecule has 186 valence electrons. The van der Waals surface area contributed by atoms with E-state index >= 15 is 0 Å². The Hall–Kier alpha value is -3.88. The van der Waals surface area contributed by atoms with E-state index in [-0.39, 0.29) is 41.9 Å². The number of nitrogens with zero attached hydrogens (tertiary/aromatic N) is 2. The number of phenols is 1. The van der Waals surface area contributed by atoms with Gasteiger partial charge in [0, 0.05) is 24.9 Å². The van der Waals surface area contributed by atoms with Crippen molar-refractivity contribution in [1.82, 2.24) is 14.9 Å². The van der Waals surface area contributed by atoms with Gasteiger partial charge < -0.3 is 19.9 Å².